The van der Waals surface area contributed by atoms with Crippen LogP contribution in [0.2, 0.25) is 0 Å². The van der Waals surface area contributed by atoms with E-state index in [1.807, 2.05) is 0 Å². The van der Waals surface area contributed by atoms with Crippen molar-refractivity contribution in [2.75, 3.05) is 31.6 Å². The lowest BCUT2D eigenvalue weighted by atomic mass is 10.2. The molecular formula is C15H25N3OS. The van der Waals surface area contributed by atoms with Gasteiger partial charge in [0.1, 0.15) is 0 Å². The van der Waals surface area contributed by atoms with Crippen LogP contribution in [0, 0.1) is 0 Å². The molecular weight excluding hydrogens is 270 g/mol. The maximum Gasteiger partial charge on any atom is 0.186 e. The molecule has 1 aromatic rings. The highest BCUT2D eigenvalue weighted by Crippen LogP contribution is 2.29. The van der Waals surface area contributed by atoms with Gasteiger partial charge >= 0.3 is 0 Å². The first kappa shape index (κ1) is 15.4. The second-order valence-corrected chi connectivity index (χ2v) is 6.56. The van der Waals surface area contributed by atoms with E-state index < -0.39 is 0 Å². The van der Waals surface area contributed by atoms with Crippen LogP contribution >= 0.6 is 11.3 Å². The number of nitrogens with zero attached hydrogens (tertiary/aromatic N) is 3. The molecule has 4 nitrogen and oxygen atoms in total. The van der Waals surface area contributed by atoms with Crippen LogP contribution in [0.4, 0.5) is 5.13 Å². The number of likely N-dealkylation sites (N-methyl/N-ethyl adjacent to an activating group) is 1. The minimum absolute atomic E-state index is 0.502. The summed E-state index contributed by atoms with van der Waals surface area (Å²) in [5.41, 5.74) is 0.981. The Morgan fingerprint density at radius 2 is 2.20 bits per heavy atom. The molecule has 1 atom stereocenters. The van der Waals surface area contributed by atoms with Crippen LogP contribution in [0.1, 0.15) is 48.5 Å². The Bertz CT molecular complexity index is 446. The first-order chi connectivity index (χ1) is 9.69. The summed E-state index contributed by atoms with van der Waals surface area (Å²) >= 11 is 1.56. The largest absolute Gasteiger partial charge is 0.344 e. The van der Waals surface area contributed by atoms with E-state index in [1.165, 1.54) is 0 Å². The molecule has 0 bridgehead atoms. The molecule has 0 aromatic carbocycles. The highest BCUT2D eigenvalue weighted by Gasteiger charge is 2.25. The molecule has 0 radical (unpaired) electrons. The number of aryl methyl sites for hydroxylation is 1. The lowest BCUT2D eigenvalue weighted by molar-refractivity contribution is 0.112. The quantitative estimate of drug-likeness (QED) is 0.783. The van der Waals surface area contributed by atoms with Crippen LogP contribution in [0.15, 0.2) is 0 Å². The van der Waals surface area contributed by atoms with Gasteiger partial charge in [-0.1, -0.05) is 31.6 Å². The van der Waals surface area contributed by atoms with Crippen LogP contribution in [0.3, 0.4) is 0 Å². The van der Waals surface area contributed by atoms with Crippen molar-refractivity contribution in [2.24, 2.45) is 0 Å². The van der Waals surface area contributed by atoms with Gasteiger partial charge in [0.15, 0.2) is 11.4 Å². The second-order valence-electron chi connectivity index (χ2n) is 5.55. The van der Waals surface area contributed by atoms with Gasteiger partial charge in [0.25, 0.3) is 0 Å². The molecule has 0 N–H and O–H groups in total. The third-order valence-electron chi connectivity index (χ3n) is 3.93. The van der Waals surface area contributed by atoms with Gasteiger partial charge in [-0.2, -0.15) is 0 Å². The summed E-state index contributed by atoms with van der Waals surface area (Å²) in [6, 6.07) is 0.502. The molecule has 1 unspecified atom stereocenters. The molecule has 1 aliphatic heterocycles. The monoisotopic (exact) mass is 295 g/mol. The zero-order valence-electron chi connectivity index (χ0n) is 12.8. The van der Waals surface area contributed by atoms with Gasteiger partial charge in [-0.3, -0.25) is 4.79 Å². The van der Waals surface area contributed by atoms with Crippen LogP contribution in [-0.2, 0) is 6.42 Å². The summed E-state index contributed by atoms with van der Waals surface area (Å²) in [6.45, 7) is 7.62. The van der Waals surface area contributed by atoms with E-state index in [4.69, 9.17) is 4.98 Å². The predicted octanol–water partition coefficient (Wildman–Crippen LogP) is 2.83. The molecule has 1 saturated heterocycles. The number of carbonyl (C=O) groups is 1. The lowest BCUT2D eigenvalue weighted by Gasteiger charge is -2.29. The molecule has 0 spiro atoms. The van der Waals surface area contributed by atoms with Gasteiger partial charge in [0.05, 0.1) is 10.6 Å². The van der Waals surface area contributed by atoms with Crippen molar-refractivity contribution in [1.29, 1.82) is 0 Å². The van der Waals surface area contributed by atoms with E-state index in [0.29, 0.717) is 6.04 Å². The predicted molar refractivity (Wildman–Crippen MR) is 85.0 cm³/mol. The molecule has 2 heterocycles. The molecule has 0 saturated carbocycles. The molecule has 5 heteroatoms. The number of carbonyl (C=O) groups excluding carboxylic acids is 1. The average molecular weight is 295 g/mol. The average Bonchev–Trinajstić information content (AvgIpc) is 2.74. The minimum Gasteiger partial charge on any atom is -0.344 e. The fourth-order valence-corrected chi connectivity index (χ4v) is 3.85. The second kappa shape index (κ2) is 7.18. The Hall–Kier alpha value is -0.940. The summed E-state index contributed by atoms with van der Waals surface area (Å²) in [5, 5.41) is 1.04. The number of thiazole rings is 1. The third kappa shape index (κ3) is 3.38. The normalized spacial score (nSPS) is 20.9. The molecule has 112 valence electrons. The molecule has 1 aliphatic rings. The summed E-state index contributed by atoms with van der Waals surface area (Å²) in [7, 11) is 2.19. The van der Waals surface area contributed by atoms with Gasteiger partial charge in [0.2, 0.25) is 0 Å². The molecule has 2 rings (SSSR count). The first-order valence-corrected chi connectivity index (χ1v) is 8.41. The van der Waals surface area contributed by atoms with Gasteiger partial charge in [0, 0.05) is 19.1 Å². The Kier molecular flexibility index (Phi) is 5.54. The highest BCUT2D eigenvalue weighted by atomic mass is 32.1. The fraction of sp³-hybridized carbons (Fsp3) is 0.733. The molecule has 0 aliphatic carbocycles. The van der Waals surface area contributed by atoms with E-state index in [1.54, 1.807) is 11.3 Å². The summed E-state index contributed by atoms with van der Waals surface area (Å²) in [4.78, 5) is 21.6. The maximum absolute atomic E-state index is 11.2. The van der Waals surface area contributed by atoms with Crippen molar-refractivity contribution >= 4 is 22.8 Å². The van der Waals surface area contributed by atoms with Crippen LogP contribution in [0.25, 0.3) is 0 Å². The first-order valence-electron chi connectivity index (χ1n) is 7.59. The van der Waals surface area contributed by atoms with Gasteiger partial charge in [-0.15, -0.1) is 0 Å². The Morgan fingerprint density at radius 1 is 1.40 bits per heavy atom. The molecule has 20 heavy (non-hydrogen) atoms. The molecule has 0 amide bonds. The summed E-state index contributed by atoms with van der Waals surface area (Å²) in [6.07, 6.45) is 5.17. The zero-order valence-corrected chi connectivity index (χ0v) is 13.6. The lowest BCUT2D eigenvalue weighted by Crippen LogP contribution is -2.39. The number of anilines is 1. The van der Waals surface area contributed by atoms with Crippen molar-refractivity contribution in [2.45, 2.75) is 45.6 Å². The zero-order chi connectivity index (χ0) is 14.5. The van der Waals surface area contributed by atoms with E-state index >= 15 is 0 Å². The van der Waals surface area contributed by atoms with Gasteiger partial charge in [-0.05, 0) is 32.9 Å². The van der Waals surface area contributed by atoms with E-state index in [-0.39, 0.29) is 0 Å². The summed E-state index contributed by atoms with van der Waals surface area (Å²) in [5.74, 6) is 0. The van der Waals surface area contributed by atoms with Crippen LogP contribution < -0.4 is 4.90 Å². The Balaban J connectivity index is 2.25. The Labute approximate surface area is 125 Å². The number of aromatic nitrogens is 1. The van der Waals surface area contributed by atoms with E-state index in [0.717, 1.165) is 67.3 Å². The number of rotatable bonds is 5. The van der Waals surface area contributed by atoms with Gasteiger partial charge in [-0.25, -0.2) is 4.98 Å². The molecule has 1 fully saturated rings. The standard InChI is InChI=1S/C15H25N3OS/c1-4-7-13-14(11-19)20-15(16-13)18-9-6-8-17(3)10-12(18)5-2/h11-12H,4-10H2,1-3H3. The molecule has 1 aromatic heterocycles. The maximum atomic E-state index is 11.2. The van der Waals surface area contributed by atoms with Crippen LogP contribution in [-0.4, -0.2) is 48.9 Å². The number of hydrogen-bond donors (Lipinski definition) is 0. The van der Waals surface area contributed by atoms with Crippen molar-refractivity contribution in [3.8, 4) is 0 Å². The van der Waals surface area contributed by atoms with Crippen molar-refractivity contribution < 1.29 is 4.79 Å². The highest BCUT2D eigenvalue weighted by molar-refractivity contribution is 7.17. The van der Waals surface area contributed by atoms with E-state index in [2.05, 4.69) is 30.7 Å². The third-order valence-corrected chi connectivity index (χ3v) is 4.99. The Morgan fingerprint density at radius 3 is 2.85 bits per heavy atom. The SMILES string of the molecule is CCCc1nc(N2CCCN(C)CC2CC)sc1C=O. The fourth-order valence-electron chi connectivity index (χ4n) is 2.83. The van der Waals surface area contributed by atoms with Gasteiger partial charge < -0.3 is 9.80 Å². The van der Waals surface area contributed by atoms with Crippen LogP contribution in [0.5, 0.6) is 0 Å². The number of aldehydes is 1. The minimum atomic E-state index is 0.502. The smallest absolute Gasteiger partial charge is 0.186 e. The van der Waals surface area contributed by atoms with E-state index in [9.17, 15) is 4.79 Å². The van der Waals surface area contributed by atoms with Crippen molar-refractivity contribution in [1.82, 2.24) is 9.88 Å². The van der Waals surface area contributed by atoms with Crippen molar-refractivity contribution in [3.05, 3.63) is 10.6 Å². The summed E-state index contributed by atoms with van der Waals surface area (Å²) < 4.78 is 0. The topological polar surface area (TPSA) is 36.4 Å². The van der Waals surface area contributed by atoms with Crippen molar-refractivity contribution in [3.63, 3.8) is 0 Å². The number of hydrogen-bond acceptors (Lipinski definition) is 5.